The Morgan fingerprint density at radius 2 is 2.08 bits per heavy atom. The lowest BCUT2D eigenvalue weighted by Crippen LogP contribution is -2.55. The molecule has 0 aromatic rings. The minimum atomic E-state index is 0.192. The van der Waals surface area contributed by atoms with E-state index in [0.29, 0.717) is 0 Å². The Bertz CT molecular complexity index is 171. The molecule has 0 aliphatic heterocycles. The molecule has 0 spiro atoms. The Kier molecular flexibility index (Phi) is 2.61. The molecule has 2 fully saturated rings. The van der Waals surface area contributed by atoms with Gasteiger partial charge in [-0.3, -0.25) is 4.90 Å². The van der Waals surface area contributed by atoms with Crippen molar-refractivity contribution in [2.75, 3.05) is 13.1 Å². The Hall–Kier alpha value is -0.0800. The highest BCUT2D eigenvalue weighted by atomic mass is 15.2. The summed E-state index contributed by atoms with van der Waals surface area (Å²) in [5.41, 5.74) is 6.45. The highest BCUT2D eigenvalue weighted by molar-refractivity contribution is 4.98. The van der Waals surface area contributed by atoms with Crippen LogP contribution in [0.3, 0.4) is 0 Å². The monoisotopic (exact) mass is 182 g/mol. The molecule has 0 aromatic heterocycles. The molecular weight excluding hydrogens is 160 g/mol. The second-order valence-electron chi connectivity index (χ2n) is 4.92. The molecule has 0 atom stereocenters. The highest BCUT2D eigenvalue weighted by Crippen LogP contribution is 2.34. The standard InChI is InChI=1S/C11H22N2/c1-2-8-13(10-4-5-10)9-11(12)6-3-7-11/h10H,2-9,12H2,1H3. The van der Waals surface area contributed by atoms with Gasteiger partial charge in [0, 0.05) is 18.1 Å². The molecule has 0 bridgehead atoms. The molecule has 0 amide bonds. The zero-order valence-corrected chi connectivity index (χ0v) is 8.76. The highest BCUT2D eigenvalue weighted by Gasteiger charge is 2.38. The Labute approximate surface area is 81.5 Å². The van der Waals surface area contributed by atoms with Gasteiger partial charge >= 0.3 is 0 Å². The van der Waals surface area contributed by atoms with Crippen molar-refractivity contribution in [1.29, 1.82) is 0 Å². The van der Waals surface area contributed by atoms with Gasteiger partial charge in [0.25, 0.3) is 0 Å². The van der Waals surface area contributed by atoms with Gasteiger partial charge in [0.1, 0.15) is 0 Å². The number of hydrogen-bond acceptors (Lipinski definition) is 2. The maximum absolute atomic E-state index is 6.26. The molecule has 0 aromatic carbocycles. The van der Waals surface area contributed by atoms with Crippen molar-refractivity contribution in [3.63, 3.8) is 0 Å². The molecule has 0 heterocycles. The molecule has 13 heavy (non-hydrogen) atoms. The number of nitrogens with zero attached hydrogens (tertiary/aromatic N) is 1. The van der Waals surface area contributed by atoms with E-state index in [4.69, 9.17) is 5.73 Å². The molecule has 2 saturated carbocycles. The van der Waals surface area contributed by atoms with Crippen LogP contribution in [-0.4, -0.2) is 29.6 Å². The molecule has 2 aliphatic rings. The van der Waals surface area contributed by atoms with E-state index in [1.165, 1.54) is 45.1 Å². The summed E-state index contributed by atoms with van der Waals surface area (Å²) in [6.45, 7) is 4.68. The largest absolute Gasteiger partial charge is 0.324 e. The van der Waals surface area contributed by atoms with Crippen LogP contribution in [0.2, 0.25) is 0 Å². The fraction of sp³-hybridized carbons (Fsp3) is 1.00. The lowest BCUT2D eigenvalue weighted by atomic mass is 9.77. The molecule has 0 radical (unpaired) electrons. The van der Waals surface area contributed by atoms with E-state index in [1.807, 2.05) is 0 Å². The first-order valence-electron chi connectivity index (χ1n) is 5.76. The van der Waals surface area contributed by atoms with Crippen molar-refractivity contribution in [2.45, 2.75) is 57.0 Å². The van der Waals surface area contributed by atoms with E-state index in [9.17, 15) is 0 Å². The summed E-state index contributed by atoms with van der Waals surface area (Å²) in [6.07, 6.45) is 7.94. The van der Waals surface area contributed by atoms with Gasteiger partial charge in [-0.25, -0.2) is 0 Å². The summed E-state index contributed by atoms with van der Waals surface area (Å²) in [5.74, 6) is 0. The normalized spacial score (nSPS) is 26.1. The molecule has 0 saturated heterocycles. The lowest BCUT2D eigenvalue weighted by molar-refractivity contribution is 0.139. The summed E-state index contributed by atoms with van der Waals surface area (Å²) < 4.78 is 0. The van der Waals surface area contributed by atoms with Crippen LogP contribution in [0.15, 0.2) is 0 Å². The van der Waals surface area contributed by atoms with E-state index in [2.05, 4.69) is 11.8 Å². The van der Waals surface area contributed by atoms with Crippen LogP contribution < -0.4 is 5.73 Å². The van der Waals surface area contributed by atoms with Crippen molar-refractivity contribution in [1.82, 2.24) is 4.90 Å². The van der Waals surface area contributed by atoms with Crippen molar-refractivity contribution < 1.29 is 0 Å². The van der Waals surface area contributed by atoms with Gasteiger partial charge in [0.2, 0.25) is 0 Å². The third-order valence-electron chi connectivity index (χ3n) is 3.44. The predicted octanol–water partition coefficient (Wildman–Crippen LogP) is 1.74. The van der Waals surface area contributed by atoms with Crippen molar-refractivity contribution >= 4 is 0 Å². The van der Waals surface area contributed by atoms with Gasteiger partial charge in [0.15, 0.2) is 0 Å². The number of rotatable bonds is 5. The predicted molar refractivity (Wildman–Crippen MR) is 55.7 cm³/mol. The zero-order valence-electron chi connectivity index (χ0n) is 8.76. The first-order chi connectivity index (χ1) is 6.23. The average molecular weight is 182 g/mol. The van der Waals surface area contributed by atoms with E-state index >= 15 is 0 Å². The van der Waals surface area contributed by atoms with Crippen LogP contribution in [0.1, 0.15) is 45.4 Å². The summed E-state index contributed by atoms with van der Waals surface area (Å²) >= 11 is 0. The summed E-state index contributed by atoms with van der Waals surface area (Å²) in [7, 11) is 0. The van der Waals surface area contributed by atoms with Gasteiger partial charge in [-0.2, -0.15) is 0 Å². The maximum Gasteiger partial charge on any atom is 0.0283 e. The van der Waals surface area contributed by atoms with Crippen molar-refractivity contribution in [2.24, 2.45) is 5.73 Å². The fourth-order valence-corrected chi connectivity index (χ4v) is 2.31. The van der Waals surface area contributed by atoms with Gasteiger partial charge < -0.3 is 5.73 Å². The van der Waals surface area contributed by atoms with Crippen LogP contribution in [0.25, 0.3) is 0 Å². The minimum Gasteiger partial charge on any atom is -0.324 e. The second-order valence-corrected chi connectivity index (χ2v) is 4.92. The van der Waals surface area contributed by atoms with Gasteiger partial charge in [-0.1, -0.05) is 6.92 Å². The van der Waals surface area contributed by atoms with Crippen molar-refractivity contribution in [3.8, 4) is 0 Å². The number of nitrogens with two attached hydrogens (primary N) is 1. The first kappa shape index (κ1) is 9.47. The summed E-state index contributed by atoms with van der Waals surface area (Å²) in [6, 6.07) is 0.890. The van der Waals surface area contributed by atoms with Gasteiger partial charge in [-0.05, 0) is 45.1 Å². The molecule has 2 N–H and O–H groups in total. The Morgan fingerprint density at radius 3 is 2.46 bits per heavy atom. The van der Waals surface area contributed by atoms with Gasteiger partial charge in [-0.15, -0.1) is 0 Å². The molecule has 2 nitrogen and oxygen atoms in total. The SMILES string of the molecule is CCCN(CC1(N)CCC1)C1CC1. The Morgan fingerprint density at radius 1 is 1.38 bits per heavy atom. The van der Waals surface area contributed by atoms with Crippen LogP contribution in [0.5, 0.6) is 0 Å². The Balaban J connectivity index is 1.81. The van der Waals surface area contributed by atoms with Crippen LogP contribution in [0.4, 0.5) is 0 Å². The fourth-order valence-electron chi connectivity index (χ4n) is 2.31. The first-order valence-corrected chi connectivity index (χ1v) is 5.76. The average Bonchev–Trinajstić information content (AvgIpc) is 2.83. The second kappa shape index (κ2) is 3.58. The molecule has 2 aliphatic carbocycles. The minimum absolute atomic E-state index is 0.192. The van der Waals surface area contributed by atoms with Gasteiger partial charge in [0.05, 0.1) is 0 Å². The quantitative estimate of drug-likeness (QED) is 0.702. The van der Waals surface area contributed by atoms with E-state index in [1.54, 1.807) is 0 Å². The summed E-state index contributed by atoms with van der Waals surface area (Å²) in [4.78, 5) is 2.62. The number of hydrogen-bond donors (Lipinski definition) is 1. The topological polar surface area (TPSA) is 29.3 Å². The smallest absolute Gasteiger partial charge is 0.0283 e. The van der Waals surface area contributed by atoms with Crippen LogP contribution in [0, 0.1) is 0 Å². The van der Waals surface area contributed by atoms with Crippen LogP contribution >= 0.6 is 0 Å². The third kappa shape index (κ3) is 2.23. The molecule has 2 rings (SSSR count). The van der Waals surface area contributed by atoms with E-state index in [-0.39, 0.29) is 5.54 Å². The molecule has 76 valence electrons. The van der Waals surface area contributed by atoms with Crippen LogP contribution in [-0.2, 0) is 0 Å². The lowest BCUT2D eigenvalue weighted by Gasteiger charge is -2.42. The summed E-state index contributed by atoms with van der Waals surface area (Å²) in [5, 5.41) is 0. The zero-order chi connectivity index (χ0) is 9.31. The third-order valence-corrected chi connectivity index (χ3v) is 3.44. The molecule has 0 unspecified atom stereocenters. The van der Waals surface area contributed by atoms with E-state index < -0.39 is 0 Å². The van der Waals surface area contributed by atoms with Crippen molar-refractivity contribution in [3.05, 3.63) is 0 Å². The van der Waals surface area contributed by atoms with E-state index in [0.717, 1.165) is 12.6 Å². The molecular formula is C11H22N2. The molecule has 2 heteroatoms. The maximum atomic E-state index is 6.26.